The van der Waals surface area contributed by atoms with Crippen molar-refractivity contribution in [1.29, 1.82) is 0 Å². The SMILES string of the molecule is Cc1nc(COc2ccc(CNC(C)(C)C)cc2F)cs1. The lowest BCUT2D eigenvalue weighted by molar-refractivity contribution is 0.286. The molecule has 0 aliphatic carbocycles. The molecule has 1 aromatic carbocycles. The van der Waals surface area contributed by atoms with Gasteiger partial charge in [0.25, 0.3) is 0 Å². The predicted molar refractivity (Wildman–Crippen MR) is 84.2 cm³/mol. The van der Waals surface area contributed by atoms with Crippen molar-refractivity contribution in [3.8, 4) is 5.75 Å². The fourth-order valence-corrected chi connectivity index (χ4v) is 2.36. The molecule has 2 aromatic rings. The number of ether oxygens (including phenoxy) is 1. The van der Waals surface area contributed by atoms with Crippen LogP contribution in [0.3, 0.4) is 0 Å². The third kappa shape index (κ3) is 5.10. The molecule has 0 amide bonds. The molecule has 0 spiro atoms. The first-order chi connectivity index (χ1) is 9.83. The Labute approximate surface area is 129 Å². The quantitative estimate of drug-likeness (QED) is 0.904. The van der Waals surface area contributed by atoms with Gasteiger partial charge in [-0.05, 0) is 45.4 Å². The van der Waals surface area contributed by atoms with E-state index in [2.05, 4.69) is 31.1 Å². The number of halogens is 1. The summed E-state index contributed by atoms with van der Waals surface area (Å²) in [7, 11) is 0. The molecule has 21 heavy (non-hydrogen) atoms. The molecule has 2 rings (SSSR count). The number of thiazole rings is 1. The number of benzene rings is 1. The average molecular weight is 308 g/mol. The van der Waals surface area contributed by atoms with Crippen LogP contribution in [0, 0.1) is 12.7 Å². The summed E-state index contributed by atoms with van der Waals surface area (Å²) in [6, 6.07) is 5.07. The molecular weight excluding hydrogens is 287 g/mol. The zero-order valence-electron chi connectivity index (χ0n) is 12.9. The summed E-state index contributed by atoms with van der Waals surface area (Å²) < 4.78 is 19.5. The fraction of sp³-hybridized carbons (Fsp3) is 0.438. The topological polar surface area (TPSA) is 34.1 Å². The van der Waals surface area contributed by atoms with E-state index in [0.717, 1.165) is 16.3 Å². The van der Waals surface area contributed by atoms with Crippen molar-refractivity contribution in [2.45, 2.75) is 46.4 Å². The Hall–Kier alpha value is -1.46. The Morgan fingerprint density at radius 2 is 2.10 bits per heavy atom. The van der Waals surface area contributed by atoms with Crippen LogP contribution in [0.2, 0.25) is 0 Å². The van der Waals surface area contributed by atoms with Crippen LogP contribution in [0.5, 0.6) is 5.75 Å². The molecule has 0 bridgehead atoms. The first kappa shape index (κ1) is 15.9. The maximum absolute atomic E-state index is 14.0. The highest BCUT2D eigenvalue weighted by atomic mass is 32.1. The summed E-state index contributed by atoms with van der Waals surface area (Å²) in [6.07, 6.45) is 0. The van der Waals surface area contributed by atoms with Crippen molar-refractivity contribution >= 4 is 11.3 Å². The molecular formula is C16H21FN2OS. The predicted octanol–water partition coefficient (Wildman–Crippen LogP) is 4.06. The van der Waals surface area contributed by atoms with Crippen LogP contribution >= 0.6 is 11.3 Å². The molecule has 1 heterocycles. The molecule has 3 nitrogen and oxygen atoms in total. The van der Waals surface area contributed by atoms with Gasteiger partial charge >= 0.3 is 0 Å². The molecule has 1 N–H and O–H groups in total. The van der Waals surface area contributed by atoms with E-state index in [0.29, 0.717) is 13.2 Å². The van der Waals surface area contributed by atoms with Gasteiger partial charge in [0, 0.05) is 17.5 Å². The first-order valence-corrected chi connectivity index (χ1v) is 7.79. The first-order valence-electron chi connectivity index (χ1n) is 6.91. The minimum atomic E-state index is -0.338. The van der Waals surface area contributed by atoms with E-state index in [1.165, 1.54) is 6.07 Å². The lowest BCUT2D eigenvalue weighted by atomic mass is 10.1. The Morgan fingerprint density at radius 1 is 1.33 bits per heavy atom. The molecule has 0 fully saturated rings. The van der Waals surface area contributed by atoms with Crippen molar-refractivity contribution in [3.05, 3.63) is 45.7 Å². The van der Waals surface area contributed by atoms with E-state index >= 15 is 0 Å². The standard InChI is InChI=1S/C16H21FN2OS/c1-11-19-13(10-21-11)9-20-15-6-5-12(7-14(15)17)8-18-16(2,3)4/h5-7,10,18H,8-9H2,1-4H3. The number of nitrogens with one attached hydrogen (secondary N) is 1. The van der Waals surface area contributed by atoms with Crippen LogP contribution in [-0.4, -0.2) is 10.5 Å². The lowest BCUT2D eigenvalue weighted by Gasteiger charge is -2.20. The lowest BCUT2D eigenvalue weighted by Crippen LogP contribution is -2.35. The van der Waals surface area contributed by atoms with Gasteiger partial charge in [0.2, 0.25) is 0 Å². The second-order valence-electron chi connectivity index (χ2n) is 6.01. The molecule has 0 aliphatic rings. The summed E-state index contributed by atoms with van der Waals surface area (Å²) in [5, 5.41) is 6.24. The Morgan fingerprint density at radius 3 is 2.67 bits per heavy atom. The normalized spacial score (nSPS) is 11.7. The highest BCUT2D eigenvalue weighted by molar-refractivity contribution is 7.09. The van der Waals surface area contributed by atoms with Crippen LogP contribution in [0.25, 0.3) is 0 Å². The van der Waals surface area contributed by atoms with Gasteiger partial charge in [-0.2, -0.15) is 0 Å². The van der Waals surface area contributed by atoms with Gasteiger partial charge in [0.1, 0.15) is 6.61 Å². The molecule has 0 radical (unpaired) electrons. The van der Waals surface area contributed by atoms with E-state index in [1.807, 2.05) is 18.4 Å². The van der Waals surface area contributed by atoms with Crippen molar-refractivity contribution in [2.24, 2.45) is 0 Å². The molecule has 1 aromatic heterocycles. The second kappa shape index (κ2) is 6.54. The summed E-state index contributed by atoms with van der Waals surface area (Å²) in [6.45, 7) is 9.10. The number of aryl methyl sites for hydroxylation is 1. The molecule has 0 atom stereocenters. The Balaban J connectivity index is 1.95. The Bertz CT molecular complexity index is 605. The zero-order valence-corrected chi connectivity index (χ0v) is 13.7. The molecule has 0 unspecified atom stereocenters. The fourth-order valence-electron chi connectivity index (χ4n) is 1.76. The van der Waals surface area contributed by atoms with Gasteiger partial charge in [-0.25, -0.2) is 9.37 Å². The van der Waals surface area contributed by atoms with Gasteiger partial charge in [-0.1, -0.05) is 6.07 Å². The van der Waals surface area contributed by atoms with Gasteiger partial charge in [0.15, 0.2) is 11.6 Å². The van der Waals surface area contributed by atoms with Crippen molar-refractivity contribution in [1.82, 2.24) is 10.3 Å². The second-order valence-corrected chi connectivity index (χ2v) is 7.08. The van der Waals surface area contributed by atoms with Crippen LogP contribution in [-0.2, 0) is 13.2 Å². The number of rotatable bonds is 5. The Kier molecular flexibility index (Phi) is 4.96. The van der Waals surface area contributed by atoms with E-state index in [-0.39, 0.29) is 17.1 Å². The number of hydrogen-bond donors (Lipinski definition) is 1. The number of aromatic nitrogens is 1. The van der Waals surface area contributed by atoms with Crippen molar-refractivity contribution in [2.75, 3.05) is 0 Å². The summed E-state index contributed by atoms with van der Waals surface area (Å²) >= 11 is 1.56. The van der Waals surface area contributed by atoms with E-state index in [9.17, 15) is 4.39 Å². The van der Waals surface area contributed by atoms with Crippen molar-refractivity contribution in [3.63, 3.8) is 0 Å². The van der Waals surface area contributed by atoms with E-state index in [1.54, 1.807) is 17.4 Å². The summed E-state index contributed by atoms with van der Waals surface area (Å²) in [5.41, 5.74) is 1.74. The third-order valence-corrected chi connectivity index (χ3v) is 3.68. The summed E-state index contributed by atoms with van der Waals surface area (Å²) in [4.78, 5) is 4.29. The number of hydrogen-bond acceptors (Lipinski definition) is 4. The smallest absolute Gasteiger partial charge is 0.165 e. The van der Waals surface area contributed by atoms with E-state index in [4.69, 9.17) is 4.74 Å². The van der Waals surface area contributed by atoms with Crippen LogP contribution < -0.4 is 10.1 Å². The van der Waals surface area contributed by atoms with Crippen LogP contribution in [0.1, 0.15) is 37.0 Å². The van der Waals surface area contributed by atoms with Gasteiger partial charge in [-0.15, -0.1) is 11.3 Å². The minimum absolute atomic E-state index is 0.00806. The molecule has 0 saturated heterocycles. The largest absolute Gasteiger partial charge is 0.484 e. The molecule has 114 valence electrons. The molecule has 0 saturated carbocycles. The maximum atomic E-state index is 14.0. The van der Waals surface area contributed by atoms with Crippen LogP contribution in [0.15, 0.2) is 23.6 Å². The average Bonchev–Trinajstić information content (AvgIpc) is 2.80. The molecule has 0 aliphatic heterocycles. The van der Waals surface area contributed by atoms with Crippen molar-refractivity contribution < 1.29 is 9.13 Å². The van der Waals surface area contributed by atoms with Gasteiger partial charge in [-0.3, -0.25) is 0 Å². The monoisotopic (exact) mass is 308 g/mol. The zero-order chi connectivity index (χ0) is 15.5. The molecule has 5 heteroatoms. The van der Waals surface area contributed by atoms with Gasteiger partial charge in [0.05, 0.1) is 10.7 Å². The maximum Gasteiger partial charge on any atom is 0.165 e. The van der Waals surface area contributed by atoms with Crippen LogP contribution in [0.4, 0.5) is 4.39 Å². The minimum Gasteiger partial charge on any atom is -0.484 e. The van der Waals surface area contributed by atoms with Gasteiger partial charge < -0.3 is 10.1 Å². The number of nitrogens with zero attached hydrogens (tertiary/aromatic N) is 1. The van der Waals surface area contributed by atoms with E-state index < -0.39 is 0 Å². The third-order valence-electron chi connectivity index (χ3n) is 2.86. The highest BCUT2D eigenvalue weighted by Crippen LogP contribution is 2.20. The summed E-state index contributed by atoms with van der Waals surface area (Å²) in [5.74, 6) is -0.0738. The highest BCUT2D eigenvalue weighted by Gasteiger charge is 2.10.